The number of hydrogen-bond acceptors (Lipinski definition) is 5. The Balaban J connectivity index is 1.67. The second kappa shape index (κ2) is 6.72. The van der Waals surface area contributed by atoms with Gasteiger partial charge < -0.3 is 21.0 Å². The van der Waals surface area contributed by atoms with Crippen LogP contribution >= 0.6 is 0 Å². The molecule has 0 aliphatic heterocycles. The maximum Gasteiger partial charge on any atom is 0.165 e. The Morgan fingerprint density at radius 2 is 1.90 bits per heavy atom. The standard InChI is InChI=1S/C22H21N7/c1-13-4-2-3-5-16(13)17-7-6-14(19-18(17)8-15(9-23)28-19)10-29-12-27-20-21(24)25-11-26-22(20)29/h2-8,11-12,28H,9-10,23H2,1H3,(H2,24,25,26). The normalized spacial score (nSPS) is 11.5. The van der Waals surface area contributed by atoms with Crippen LogP contribution in [-0.4, -0.2) is 24.5 Å². The molecule has 5 rings (SSSR count). The van der Waals surface area contributed by atoms with Gasteiger partial charge in [0.05, 0.1) is 18.4 Å². The fourth-order valence-electron chi connectivity index (χ4n) is 3.88. The molecule has 0 bridgehead atoms. The highest BCUT2D eigenvalue weighted by Crippen LogP contribution is 2.33. The van der Waals surface area contributed by atoms with E-state index in [1.165, 1.54) is 23.0 Å². The van der Waals surface area contributed by atoms with Crippen molar-refractivity contribution in [3.05, 3.63) is 71.9 Å². The Labute approximate surface area is 167 Å². The lowest BCUT2D eigenvalue weighted by Gasteiger charge is -2.11. The summed E-state index contributed by atoms with van der Waals surface area (Å²) in [5.74, 6) is 0.388. The predicted molar refractivity (Wildman–Crippen MR) is 115 cm³/mol. The van der Waals surface area contributed by atoms with Crippen LogP contribution in [0.4, 0.5) is 5.82 Å². The molecule has 0 fully saturated rings. The molecular formula is C22H21N7. The molecule has 0 aliphatic carbocycles. The number of aromatic nitrogens is 5. The first kappa shape index (κ1) is 17.4. The van der Waals surface area contributed by atoms with E-state index in [2.05, 4.69) is 69.3 Å². The first-order chi connectivity index (χ1) is 14.2. The molecule has 0 amide bonds. The molecule has 0 unspecified atom stereocenters. The average molecular weight is 383 g/mol. The summed E-state index contributed by atoms with van der Waals surface area (Å²) in [5.41, 5.74) is 20.1. The molecule has 0 saturated carbocycles. The number of anilines is 1. The molecule has 7 heteroatoms. The number of nitrogens with two attached hydrogens (primary N) is 2. The van der Waals surface area contributed by atoms with E-state index in [9.17, 15) is 0 Å². The van der Waals surface area contributed by atoms with E-state index < -0.39 is 0 Å². The number of nitrogens with zero attached hydrogens (tertiary/aromatic N) is 4. The minimum Gasteiger partial charge on any atom is -0.382 e. The molecule has 0 radical (unpaired) electrons. The highest BCUT2D eigenvalue weighted by atomic mass is 15.1. The summed E-state index contributed by atoms with van der Waals surface area (Å²) in [6.07, 6.45) is 3.22. The van der Waals surface area contributed by atoms with Crippen LogP contribution in [-0.2, 0) is 13.1 Å². The van der Waals surface area contributed by atoms with E-state index in [1.807, 2.05) is 4.57 Å². The van der Waals surface area contributed by atoms with E-state index >= 15 is 0 Å². The van der Waals surface area contributed by atoms with Gasteiger partial charge >= 0.3 is 0 Å². The van der Waals surface area contributed by atoms with Gasteiger partial charge in [0.15, 0.2) is 11.5 Å². The Morgan fingerprint density at radius 1 is 1.03 bits per heavy atom. The SMILES string of the molecule is Cc1ccccc1-c1ccc(Cn2cnc3c(N)ncnc32)c2[nH]c(CN)cc12. The molecule has 5 aromatic rings. The zero-order valence-electron chi connectivity index (χ0n) is 16.1. The van der Waals surface area contributed by atoms with Crippen LogP contribution in [0, 0.1) is 6.92 Å². The summed E-state index contributed by atoms with van der Waals surface area (Å²) < 4.78 is 1.98. The summed E-state index contributed by atoms with van der Waals surface area (Å²) >= 11 is 0. The summed E-state index contributed by atoms with van der Waals surface area (Å²) in [4.78, 5) is 16.2. The fraction of sp³-hybridized carbons (Fsp3) is 0.136. The highest BCUT2D eigenvalue weighted by Gasteiger charge is 2.14. The monoisotopic (exact) mass is 383 g/mol. The number of imidazole rings is 1. The number of aromatic amines is 1. The van der Waals surface area contributed by atoms with E-state index in [1.54, 1.807) is 6.33 Å². The molecule has 0 aliphatic rings. The molecule has 0 atom stereocenters. The lowest BCUT2D eigenvalue weighted by atomic mass is 9.96. The first-order valence-corrected chi connectivity index (χ1v) is 9.46. The summed E-state index contributed by atoms with van der Waals surface area (Å²) in [6.45, 7) is 3.20. The third kappa shape index (κ3) is 2.83. The number of nitrogens with one attached hydrogen (secondary N) is 1. The maximum atomic E-state index is 5.93. The average Bonchev–Trinajstić information content (AvgIpc) is 3.34. The number of nitrogen functional groups attached to an aromatic ring is 1. The number of aryl methyl sites for hydroxylation is 1. The number of hydrogen-bond donors (Lipinski definition) is 3. The van der Waals surface area contributed by atoms with Crippen LogP contribution in [0.2, 0.25) is 0 Å². The van der Waals surface area contributed by atoms with Crippen LogP contribution < -0.4 is 11.5 Å². The van der Waals surface area contributed by atoms with Crippen molar-refractivity contribution in [3.63, 3.8) is 0 Å². The summed E-state index contributed by atoms with van der Waals surface area (Å²) in [5, 5.41) is 1.16. The summed E-state index contributed by atoms with van der Waals surface area (Å²) in [6, 6.07) is 14.9. The van der Waals surface area contributed by atoms with Crippen molar-refractivity contribution < 1.29 is 0 Å². The third-order valence-corrected chi connectivity index (χ3v) is 5.36. The molecular weight excluding hydrogens is 362 g/mol. The third-order valence-electron chi connectivity index (χ3n) is 5.36. The van der Waals surface area contributed by atoms with Gasteiger partial charge in [0.25, 0.3) is 0 Å². The van der Waals surface area contributed by atoms with E-state index in [-0.39, 0.29) is 0 Å². The molecule has 29 heavy (non-hydrogen) atoms. The van der Waals surface area contributed by atoms with Gasteiger partial charge in [0.1, 0.15) is 11.8 Å². The topological polar surface area (TPSA) is 111 Å². The van der Waals surface area contributed by atoms with Crippen molar-refractivity contribution in [2.45, 2.75) is 20.0 Å². The summed E-state index contributed by atoms with van der Waals surface area (Å²) in [7, 11) is 0. The van der Waals surface area contributed by atoms with Gasteiger partial charge in [-0.05, 0) is 35.2 Å². The second-order valence-electron chi connectivity index (χ2n) is 7.18. The van der Waals surface area contributed by atoms with Gasteiger partial charge in [-0.3, -0.25) is 0 Å². The quantitative estimate of drug-likeness (QED) is 0.440. The smallest absolute Gasteiger partial charge is 0.165 e. The number of rotatable bonds is 4. The first-order valence-electron chi connectivity index (χ1n) is 9.46. The van der Waals surface area contributed by atoms with Crippen molar-refractivity contribution in [1.29, 1.82) is 0 Å². The Kier molecular flexibility index (Phi) is 4.03. The lowest BCUT2D eigenvalue weighted by molar-refractivity contribution is 0.817. The van der Waals surface area contributed by atoms with Crippen molar-refractivity contribution in [1.82, 2.24) is 24.5 Å². The van der Waals surface area contributed by atoms with E-state index in [0.717, 1.165) is 27.8 Å². The van der Waals surface area contributed by atoms with Crippen molar-refractivity contribution in [3.8, 4) is 11.1 Å². The highest BCUT2D eigenvalue weighted by molar-refractivity contribution is 5.98. The molecule has 144 valence electrons. The fourth-order valence-corrected chi connectivity index (χ4v) is 3.88. The minimum atomic E-state index is 0.388. The molecule has 3 aromatic heterocycles. The van der Waals surface area contributed by atoms with Crippen LogP contribution in [0.25, 0.3) is 33.2 Å². The van der Waals surface area contributed by atoms with Crippen LogP contribution in [0.1, 0.15) is 16.8 Å². The zero-order chi connectivity index (χ0) is 20.0. The minimum absolute atomic E-state index is 0.388. The van der Waals surface area contributed by atoms with Gasteiger partial charge in [-0.1, -0.05) is 36.4 Å². The van der Waals surface area contributed by atoms with Gasteiger partial charge in [0.2, 0.25) is 0 Å². The molecule has 2 aromatic carbocycles. The van der Waals surface area contributed by atoms with Gasteiger partial charge in [-0.2, -0.15) is 0 Å². The Hall–Kier alpha value is -3.71. The number of fused-ring (bicyclic) bond motifs is 2. The van der Waals surface area contributed by atoms with Crippen molar-refractivity contribution >= 4 is 27.9 Å². The largest absolute Gasteiger partial charge is 0.382 e. The molecule has 7 nitrogen and oxygen atoms in total. The molecule has 5 N–H and O–H groups in total. The van der Waals surface area contributed by atoms with E-state index in [0.29, 0.717) is 24.4 Å². The number of H-pyrrole nitrogens is 1. The molecule has 0 saturated heterocycles. The van der Waals surface area contributed by atoms with Gasteiger partial charge in [0, 0.05) is 17.6 Å². The van der Waals surface area contributed by atoms with Crippen molar-refractivity contribution in [2.75, 3.05) is 5.73 Å². The lowest BCUT2D eigenvalue weighted by Crippen LogP contribution is -2.02. The predicted octanol–water partition coefficient (Wildman–Crippen LogP) is 3.37. The van der Waals surface area contributed by atoms with Gasteiger partial charge in [-0.25, -0.2) is 15.0 Å². The maximum absolute atomic E-state index is 5.93. The van der Waals surface area contributed by atoms with Gasteiger partial charge in [-0.15, -0.1) is 0 Å². The van der Waals surface area contributed by atoms with E-state index in [4.69, 9.17) is 11.5 Å². The second-order valence-corrected chi connectivity index (χ2v) is 7.18. The zero-order valence-corrected chi connectivity index (χ0v) is 16.1. The van der Waals surface area contributed by atoms with Crippen molar-refractivity contribution in [2.24, 2.45) is 5.73 Å². The number of benzene rings is 2. The van der Waals surface area contributed by atoms with Crippen LogP contribution in [0.5, 0.6) is 0 Å². The Morgan fingerprint density at radius 3 is 2.72 bits per heavy atom. The van der Waals surface area contributed by atoms with Crippen LogP contribution in [0.15, 0.2) is 55.1 Å². The molecule has 0 spiro atoms. The van der Waals surface area contributed by atoms with Crippen LogP contribution in [0.3, 0.4) is 0 Å². The Bertz CT molecular complexity index is 1350. The molecule has 3 heterocycles.